The molecule has 3 aromatic carbocycles. The first-order chi connectivity index (χ1) is 18.7. The SMILES string of the molecule is COc1cccc(C[C@@H](CC(=O)OC(C)(C)C)C(=O)N2C(=O)OC[C@H]2C(c2ccccc2)c2ccccc2)c1. The van der Waals surface area contributed by atoms with E-state index < -0.39 is 35.5 Å². The van der Waals surface area contributed by atoms with Gasteiger partial charge in [0.1, 0.15) is 18.0 Å². The highest BCUT2D eigenvalue weighted by atomic mass is 16.6. The standard InChI is InChI=1S/C32H35NO6/c1-32(2,3)39-28(34)20-25(18-22-12-11-17-26(19-22)37-4)30(35)33-27(21-38-31(33)36)29(23-13-7-5-8-14-23)24-15-9-6-10-16-24/h5-17,19,25,27,29H,18,20-21H2,1-4H3/t25-,27-/m0/s1. The minimum atomic E-state index is -0.840. The zero-order valence-electron chi connectivity index (χ0n) is 22.8. The zero-order chi connectivity index (χ0) is 28.0. The molecule has 1 heterocycles. The fourth-order valence-electron chi connectivity index (χ4n) is 5.00. The summed E-state index contributed by atoms with van der Waals surface area (Å²) in [6.45, 7) is 5.39. The molecule has 0 unspecified atom stereocenters. The first-order valence-electron chi connectivity index (χ1n) is 13.1. The number of nitrogens with zero attached hydrogens (tertiary/aromatic N) is 1. The van der Waals surface area contributed by atoms with Gasteiger partial charge < -0.3 is 14.2 Å². The third-order valence-electron chi connectivity index (χ3n) is 6.64. The summed E-state index contributed by atoms with van der Waals surface area (Å²) in [7, 11) is 1.57. The molecule has 0 spiro atoms. The smallest absolute Gasteiger partial charge is 0.417 e. The van der Waals surface area contributed by atoms with Crippen LogP contribution in [0.25, 0.3) is 0 Å². The van der Waals surface area contributed by atoms with E-state index in [-0.39, 0.29) is 25.4 Å². The Morgan fingerprint density at radius 1 is 0.949 bits per heavy atom. The number of ether oxygens (including phenoxy) is 3. The van der Waals surface area contributed by atoms with Crippen molar-refractivity contribution >= 4 is 18.0 Å². The van der Waals surface area contributed by atoms with E-state index in [1.165, 1.54) is 4.90 Å². The molecule has 1 fully saturated rings. The van der Waals surface area contributed by atoms with Crippen LogP contribution in [-0.2, 0) is 25.5 Å². The van der Waals surface area contributed by atoms with Crippen LogP contribution < -0.4 is 4.74 Å². The Bertz CT molecular complexity index is 1250. The summed E-state index contributed by atoms with van der Waals surface area (Å²) in [4.78, 5) is 41.4. The number of carbonyl (C=O) groups excluding carboxylic acids is 3. The van der Waals surface area contributed by atoms with Gasteiger partial charge in [-0.15, -0.1) is 0 Å². The lowest BCUT2D eigenvalue weighted by molar-refractivity contribution is -0.158. The number of amides is 2. The number of cyclic esters (lactones) is 1. The Labute approximate surface area is 229 Å². The monoisotopic (exact) mass is 529 g/mol. The number of esters is 1. The number of imide groups is 1. The van der Waals surface area contributed by atoms with Crippen molar-refractivity contribution in [3.05, 3.63) is 102 Å². The van der Waals surface area contributed by atoms with Gasteiger partial charge in [0, 0.05) is 5.92 Å². The number of benzene rings is 3. The molecule has 0 aromatic heterocycles. The van der Waals surface area contributed by atoms with Crippen LogP contribution >= 0.6 is 0 Å². The van der Waals surface area contributed by atoms with Crippen LogP contribution in [0.2, 0.25) is 0 Å². The molecule has 2 amide bonds. The lowest BCUT2D eigenvalue weighted by Crippen LogP contribution is -2.46. The predicted molar refractivity (Wildman–Crippen MR) is 147 cm³/mol. The van der Waals surface area contributed by atoms with Gasteiger partial charge in [-0.25, -0.2) is 9.69 Å². The van der Waals surface area contributed by atoms with Crippen molar-refractivity contribution in [2.24, 2.45) is 5.92 Å². The molecular formula is C32H35NO6. The van der Waals surface area contributed by atoms with E-state index in [0.717, 1.165) is 16.7 Å². The maximum atomic E-state index is 14.2. The van der Waals surface area contributed by atoms with Gasteiger partial charge in [-0.3, -0.25) is 9.59 Å². The van der Waals surface area contributed by atoms with Crippen LogP contribution in [0.3, 0.4) is 0 Å². The van der Waals surface area contributed by atoms with E-state index in [1.54, 1.807) is 27.9 Å². The lowest BCUT2D eigenvalue weighted by Gasteiger charge is -2.31. The van der Waals surface area contributed by atoms with Gasteiger partial charge in [-0.05, 0) is 56.0 Å². The molecule has 1 saturated heterocycles. The van der Waals surface area contributed by atoms with Gasteiger partial charge in [0.05, 0.1) is 25.5 Å². The number of carbonyl (C=O) groups is 3. The maximum absolute atomic E-state index is 14.2. The quantitative estimate of drug-likeness (QED) is 0.328. The molecule has 3 aromatic rings. The minimum Gasteiger partial charge on any atom is -0.497 e. The first kappa shape index (κ1) is 27.9. The zero-order valence-corrected chi connectivity index (χ0v) is 22.8. The Hall–Kier alpha value is -4.13. The molecule has 1 aliphatic heterocycles. The molecule has 0 radical (unpaired) electrons. The largest absolute Gasteiger partial charge is 0.497 e. The third kappa shape index (κ3) is 7.05. The highest BCUT2D eigenvalue weighted by Crippen LogP contribution is 2.35. The molecule has 0 aliphatic carbocycles. The van der Waals surface area contributed by atoms with E-state index in [0.29, 0.717) is 5.75 Å². The first-order valence-corrected chi connectivity index (χ1v) is 13.1. The van der Waals surface area contributed by atoms with Crippen molar-refractivity contribution in [3.63, 3.8) is 0 Å². The Morgan fingerprint density at radius 2 is 1.56 bits per heavy atom. The molecular weight excluding hydrogens is 494 g/mol. The topological polar surface area (TPSA) is 82.1 Å². The number of rotatable bonds is 9. The molecule has 1 aliphatic rings. The Kier molecular flexibility index (Phi) is 8.69. The molecule has 0 bridgehead atoms. The van der Waals surface area contributed by atoms with E-state index in [4.69, 9.17) is 14.2 Å². The van der Waals surface area contributed by atoms with Gasteiger partial charge >= 0.3 is 12.1 Å². The molecule has 7 nitrogen and oxygen atoms in total. The molecule has 7 heteroatoms. The van der Waals surface area contributed by atoms with Crippen molar-refractivity contribution in [2.75, 3.05) is 13.7 Å². The average molecular weight is 530 g/mol. The molecule has 204 valence electrons. The summed E-state index contributed by atoms with van der Waals surface area (Å²) in [5, 5.41) is 0. The van der Waals surface area contributed by atoms with E-state index in [2.05, 4.69) is 0 Å². The predicted octanol–water partition coefficient (Wildman–Crippen LogP) is 5.77. The minimum absolute atomic E-state index is 0.0529. The van der Waals surface area contributed by atoms with Crippen molar-refractivity contribution in [1.82, 2.24) is 4.90 Å². The molecule has 0 saturated carbocycles. The number of hydrogen-bond acceptors (Lipinski definition) is 6. The summed E-state index contributed by atoms with van der Waals surface area (Å²) in [6.07, 6.45) is -0.653. The molecule has 39 heavy (non-hydrogen) atoms. The van der Waals surface area contributed by atoms with Crippen molar-refractivity contribution < 1.29 is 28.6 Å². The fourth-order valence-corrected chi connectivity index (χ4v) is 5.00. The third-order valence-corrected chi connectivity index (χ3v) is 6.64. The van der Waals surface area contributed by atoms with Crippen molar-refractivity contribution in [2.45, 2.75) is 51.2 Å². The second-order valence-corrected chi connectivity index (χ2v) is 10.7. The van der Waals surface area contributed by atoms with E-state index in [1.807, 2.05) is 84.9 Å². The van der Waals surface area contributed by atoms with Gasteiger partial charge in [-0.2, -0.15) is 0 Å². The molecule has 0 N–H and O–H groups in total. The van der Waals surface area contributed by atoms with Crippen LogP contribution in [0, 0.1) is 5.92 Å². The van der Waals surface area contributed by atoms with Crippen molar-refractivity contribution in [1.29, 1.82) is 0 Å². The summed E-state index contributed by atoms with van der Waals surface area (Å²) in [6, 6.07) is 26.3. The maximum Gasteiger partial charge on any atom is 0.417 e. The van der Waals surface area contributed by atoms with Crippen LogP contribution in [0.15, 0.2) is 84.9 Å². The second kappa shape index (κ2) is 12.2. The Morgan fingerprint density at radius 3 is 2.13 bits per heavy atom. The fraction of sp³-hybridized carbons (Fsp3) is 0.344. The number of hydrogen-bond donors (Lipinski definition) is 0. The lowest BCUT2D eigenvalue weighted by atomic mass is 9.84. The van der Waals surface area contributed by atoms with Crippen LogP contribution in [0.1, 0.15) is 49.8 Å². The van der Waals surface area contributed by atoms with Crippen molar-refractivity contribution in [3.8, 4) is 5.75 Å². The highest BCUT2D eigenvalue weighted by Gasteiger charge is 2.46. The van der Waals surface area contributed by atoms with Gasteiger partial charge in [0.15, 0.2) is 0 Å². The van der Waals surface area contributed by atoms with E-state index in [9.17, 15) is 14.4 Å². The van der Waals surface area contributed by atoms with Crippen LogP contribution in [0.4, 0.5) is 4.79 Å². The van der Waals surface area contributed by atoms with E-state index >= 15 is 0 Å². The molecule has 4 rings (SSSR count). The molecule has 2 atom stereocenters. The normalized spacial score (nSPS) is 16.1. The summed E-state index contributed by atoms with van der Waals surface area (Å²) in [5.41, 5.74) is 2.02. The second-order valence-electron chi connectivity index (χ2n) is 10.7. The summed E-state index contributed by atoms with van der Waals surface area (Å²) >= 11 is 0. The highest BCUT2D eigenvalue weighted by molar-refractivity contribution is 5.96. The summed E-state index contributed by atoms with van der Waals surface area (Å²) in [5.74, 6) is -1.47. The van der Waals surface area contributed by atoms with Crippen LogP contribution in [-0.4, -0.2) is 48.2 Å². The van der Waals surface area contributed by atoms with Gasteiger partial charge in [-0.1, -0.05) is 72.8 Å². The van der Waals surface area contributed by atoms with Gasteiger partial charge in [0.2, 0.25) is 5.91 Å². The average Bonchev–Trinajstić information content (AvgIpc) is 3.29. The Balaban J connectivity index is 1.70. The number of methoxy groups -OCH3 is 1. The van der Waals surface area contributed by atoms with Gasteiger partial charge in [0.25, 0.3) is 0 Å². The van der Waals surface area contributed by atoms with Crippen LogP contribution in [0.5, 0.6) is 5.75 Å². The summed E-state index contributed by atoms with van der Waals surface area (Å²) < 4.78 is 16.4.